The molecule has 0 radical (unpaired) electrons. The standard InChI is InChI=1S/C12H11ClO2/c1-9(7-8-11(13)12(14)15)10-5-3-2-4-6-10/h2-8H,1H3,(H,14,15). The van der Waals surface area contributed by atoms with Crippen LogP contribution in [-0.4, -0.2) is 11.1 Å². The molecule has 78 valence electrons. The van der Waals surface area contributed by atoms with Gasteiger partial charge in [-0.2, -0.15) is 0 Å². The van der Waals surface area contributed by atoms with Gasteiger partial charge in [0.2, 0.25) is 0 Å². The molecule has 0 spiro atoms. The second-order valence-electron chi connectivity index (χ2n) is 3.04. The maximum Gasteiger partial charge on any atom is 0.347 e. The van der Waals surface area contributed by atoms with E-state index >= 15 is 0 Å². The van der Waals surface area contributed by atoms with Crippen LogP contribution >= 0.6 is 11.6 Å². The van der Waals surface area contributed by atoms with E-state index in [1.165, 1.54) is 6.08 Å². The maximum atomic E-state index is 10.4. The number of benzene rings is 1. The van der Waals surface area contributed by atoms with Crippen molar-refractivity contribution in [1.29, 1.82) is 0 Å². The van der Waals surface area contributed by atoms with Gasteiger partial charge in [0.05, 0.1) is 0 Å². The molecular weight excluding hydrogens is 212 g/mol. The van der Waals surface area contributed by atoms with Crippen molar-refractivity contribution in [2.75, 3.05) is 0 Å². The van der Waals surface area contributed by atoms with E-state index in [0.29, 0.717) is 0 Å². The number of aliphatic carboxylic acids is 1. The zero-order valence-corrected chi connectivity index (χ0v) is 9.03. The van der Waals surface area contributed by atoms with Gasteiger partial charge in [0, 0.05) is 0 Å². The van der Waals surface area contributed by atoms with Gasteiger partial charge < -0.3 is 5.11 Å². The molecule has 1 aromatic rings. The van der Waals surface area contributed by atoms with Gasteiger partial charge in [0.25, 0.3) is 0 Å². The molecule has 0 unspecified atom stereocenters. The second kappa shape index (κ2) is 5.37. The third-order valence-corrected chi connectivity index (χ3v) is 2.20. The molecule has 0 heterocycles. The summed E-state index contributed by atoms with van der Waals surface area (Å²) >= 11 is 5.46. The second-order valence-corrected chi connectivity index (χ2v) is 3.44. The van der Waals surface area contributed by atoms with E-state index in [1.54, 1.807) is 6.08 Å². The average Bonchev–Trinajstić information content (AvgIpc) is 2.26. The number of carboxylic acids is 1. The van der Waals surface area contributed by atoms with Crippen LogP contribution in [0.15, 0.2) is 47.5 Å². The first-order valence-electron chi connectivity index (χ1n) is 4.44. The van der Waals surface area contributed by atoms with Crippen LogP contribution in [0.1, 0.15) is 12.5 Å². The van der Waals surface area contributed by atoms with E-state index < -0.39 is 5.97 Å². The third-order valence-electron chi connectivity index (χ3n) is 1.91. The van der Waals surface area contributed by atoms with Gasteiger partial charge >= 0.3 is 5.97 Å². The maximum absolute atomic E-state index is 10.4. The Hall–Kier alpha value is -1.54. The Morgan fingerprint density at radius 2 is 1.87 bits per heavy atom. The number of halogens is 1. The molecule has 0 saturated carbocycles. The van der Waals surface area contributed by atoms with Gasteiger partial charge in [0.1, 0.15) is 5.03 Å². The molecule has 0 atom stereocenters. The molecule has 0 aliphatic rings. The zero-order chi connectivity index (χ0) is 11.3. The SMILES string of the molecule is CC(=CC=C(Cl)C(=O)O)c1ccccc1. The molecule has 3 heteroatoms. The lowest BCUT2D eigenvalue weighted by atomic mass is 10.1. The summed E-state index contributed by atoms with van der Waals surface area (Å²) in [4.78, 5) is 10.4. The molecule has 0 amide bonds. The first-order valence-corrected chi connectivity index (χ1v) is 4.82. The Balaban J connectivity index is 2.86. The summed E-state index contributed by atoms with van der Waals surface area (Å²) in [5.74, 6) is -1.12. The molecule has 1 rings (SSSR count). The van der Waals surface area contributed by atoms with E-state index in [-0.39, 0.29) is 5.03 Å². The molecule has 0 aliphatic heterocycles. The Kier molecular flexibility index (Phi) is 4.13. The molecule has 15 heavy (non-hydrogen) atoms. The van der Waals surface area contributed by atoms with E-state index in [1.807, 2.05) is 37.3 Å². The normalized spacial score (nSPS) is 12.7. The summed E-state index contributed by atoms with van der Waals surface area (Å²) in [6, 6.07) is 9.68. The van der Waals surface area contributed by atoms with E-state index in [0.717, 1.165) is 11.1 Å². The van der Waals surface area contributed by atoms with Crippen molar-refractivity contribution >= 4 is 23.1 Å². The number of carbonyl (C=O) groups is 1. The molecule has 1 N–H and O–H groups in total. The van der Waals surface area contributed by atoms with Gasteiger partial charge in [0.15, 0.2) is 0 Å². The topological polar surface area (TPSA) is 37.3 Å². The molecule has 2 nitrogen and oxygen atoms in total. The van der Waals surface area contributed by atoms with Crippen molar-refractivity contribution < 1.29 is 9.90 Å². The van der Waals surface area contributed by atoms with Crippen LogP contribution in [-0.2, 0) is 4.79 Å². The quantitative estimate of drug-likeness (QED) is 0.630. The van der Waals surface area contributed by atoms with Gasteiger partial charge in [-0.1, -0.05) is 48.0 Å². The molecule has 1 aromatic carbocycles. The lowest BCUT2D eigenvalue weighted by molar-refractivity contribution is -0.131. The van der Waals surface area contributed by atoms with Gasteiger partial charge in [-0.05, 0) is 24.1 Å². The monoisotopic (exact) mass is 222 g/mol. The van der Waals surface area contributed by atoms with Crippen LogP contribution in [0.4, 0.5) is 0 Å². The Morgan fingerprint density at radius 3 is 2.40 bits per heavy atom. The van der Waals surface area contributed by atoms with Crippen LogP contribution in [0.5, 0.6) is 0 Å². The predicted octanol–water partition coefficient (Wildman–Crippen LogP) is 3.30. The van der Waals surface area contributed by atoms with Gasteiger partial charge in [-0.15, -0.1) is 0 Å². The fraction of sp³-hybridized carbons (Fsp3) is 0.0833. The van der Waals surface area contributed by atoms with Crippen molar-refractivity contribution in [3.63, 3.8) is 0 Å². The first-order chi connectivity index (χ1) is 7.11. The molecule has 0 fully saturated rings. The van der Waals surface area contributed by atoms with Crippen molar-refractivity contribution in [1.82, 2.24) is 0 Å². The molecule has 0 aromatic heterocycles. The van der Waals surface area contributed by atoms with E-state index in [2.05, 4.69) is 0 Å². The van der Waals surface area contributed by atoms with Crippen LogP contribution < -0.4 is 0 Å². The summed E-state index contributed by atoms with van der Waals surface area (Å²) in [5, 5.41) is 8.35. The fourth-order valence-corrected chi connectivity index (χ4v) is 1.13. The highest BCUT2D eigenvalue weighted by atomic mass is 35.5. The summed E-state index contributed by atoms with van der Waals surface area (Å²) in [6.45, 7) is 1.90. The number of allylic oxidation sites excluding steroid dienone is 3. The number of rotatable bonds is 3. The minimum Gasteiger partial charge on any atom is -0.477 e. The van der Waals surface area contributed by atoms with E-state index in [9.17, 15) is 4.79 Å². The lowest BCUT2D eigenvalue weighted by Crippen LogP contribution is -1.92. The van der Waals surface area contributed by atoms with Crippen molar-refractivity contribution in [3.05, 3.63) is 53.1 Å². The Labute approximate surface area is 93.5 Å². The highest BCUT2D eigenvalue weighted by molar-refractivity contribution is 6.41. The van der Waals surface area contributed by atoms with Crippen molar-refractivity contribution in [3.8, 4) is 0 Å². The van der Waals surface area contributed by atoms with Gasteiger partial charge in [-0.3, -0.25) is 0 Å². The molecule has 0 aliphatic carbocycles. The fourth-order valence-electron chi connectivity index (χ4n) is 1.07. The molecule has 0 saturated heterocycles. The number of hydrogen-bond donors (Lipinski definition) is 1. The van der Waals surface area contributed by atoms with Gasteiger partial charge in [-0.25, -0.2) is 4.79 Å². The minimum atomic E-state index is -1.12. The predicted molar refractivity (Wildman–Crippen MR) is 61.7 cm³/mol. The zero-order valence-electron chi connectivity index (χ0n) is 8.27. The smallest absolute Gasteiger partial charge is 0.347 e. The number of hydrogen-bond acceptors (Lipinski definition) is 1. The highest BCUT2D eigenvalue weighted by Gasteiger charge is 2.00. The summed E-state index contributed by atoms with van der Waals surface area (Å²) in [6.07, 6.45) is 3.07. The summed E-state index contributed by atoms with van der Waals surface area (Å²) in [5.41, 5.74) is 2.01. The average molecular weight is 223 g/mol. The summed E-state index contributed by atoms with van der Waals surface area (Å²) < 4.78 is 0. The first kappa shape index (κ1) is 11.5. The van der Waals surface area contributed by atoms with Crippen LogP contribution in [0.2, 0.25) is 0 Å². The Morgan fingerprint density at radius 1 is 1.27 bits per heavy atom. The minimum absolute atomic E-state index is 0.190. The van der Waals surface area contributed by atoms with Crippen LogP contribution in [0, 0.1) is 0 Å². The van der Waals surface area contributed by atoms with Crippen LogP contribution in [0.25, 0.3) is 5.57 Å². The van der Waals surface area contributed by atoms with Crippen molar-refractivity contribution in [2.24, 2.45) is 0 Å². The third kappa shape index (κ3) is 3.60. The van der Waals surface area contributed by atoms with Crippen LogP contribution in [0.3, 0.4) is 0 Å². The number of carboxylic acid groups (broad SMARTS) is 1. The largest absolute Gasteiger partial charge is 0.477 e. The summed E-state index contributed by atoms with van der Waals surface area (Å²) in [7, 11) is 0. The molecular formula is C12H11ClO2. The van der Waals surface area contributed by atoms with E-state index in [4.69, 9.17) is 16.7 Å². The highest BCUT2D eigenvalue weighted by Crippen LogP contribution is 2.13. The van der Waals surface area contributed by atoms with Crippen molar-refractivity contribution in [2.45, 2.75) is 6.92 Å². The Bertz CT molecular complexity index is 405. The molecule has 0 bridgehead atoms. The lowest BCUT2D eigenvalue weighted by Gasteiger charge is -1.98.